The summed E-state index contributed by atoms with van der Waals surface area (Å²) in [6, 6.07) is 0. The van der Waals surface area contributed by atoms with Crippen LogP contribution in [0, 0.1) is 0 Å². The van der Waals surface area contributed by atoms with Crippen molar-refractivity contribution in [3.63, 3.8) is 0 Å². The smallest absolute Gasteiger partial charge is 0.300 e. The first-order chi connectivity index (χ1) is 4.15. The van der Waals surface area contributed by atoms with Crippen molar-refractivity contribution in [2.45, 2.75) is 26.7 Å². The van der Waals surface area contributed by atoms with Crippen molar-refractivity contribution in [2.24, 2.45) is 0 Å². The molecule has 0 saturated heterocycles. The van der Waals surface area contributed by atoms with Crippen LogP contribution in [0.25, 0.3) is 0 Å². The van der Waals surface area contributed by atoms with Gasteiger partial charge in [0.25, 0.3) is 5.97 Å². The lowest BCUT2D eigenvalue weighted by Crippen LogP contribution is -1.78. The maximum Gasteiger partial charge on any atom is 0.300 e. The predicted molar refractivity (Wildman–Crippen MR) is 40.3 cm³/mol. The van der Waals surface area contributed by atoms with E-state index in [4.69, 9.17) is 15.0 Å². The van der Waals surface area contributed by atoms with Gasteiger partial charge in [-0.05, 0) is 6.42 Å². The topological polar surface area (TPSA) is 92.5 Å². The van der Waals surface area contributed by atoms with Gasteiger partial charge in [0.15, 0.2) is 0 Å². The largest absolute Gasteiger partial charge is 0.481 e. The Morgan fingerprint density at radius 3 is 1.80 bits per heavy atom. The summed E-state index contributed by atoms with van der Waals surface area (Å²) in [6.45, 7) is 3.48. The Morgan fingerprint density at radius 2 is 1.80 bits per heavy atom. The van der Waals surface area contributed by atoms with Gasteiger partial charge in [-0.25, -0.2) is 0 Å². The molecule has 0 unspecified atom stereocenters. The average Bonchev–Trinajstić information content (AvgIpc) is 1.66. The summed E-state index contributed by atoms with van der Waals surface area (Å²) in [7, 11) is 0. The van der Waals surface area contributed by atoms with Gasteiger partial charge in [0, 0.05) is 13.5 Å². The lowest BCUT2D eigenvalue weighted by molar-refractivity contribution is -0.134. The Labute approximate surface area is 61.5 Å². The molecule has 0 fully saturated rings. The molecule has 0 saturated carbocycles. The first-order valence-corrected chi connectivity index (χ1v) is 2.95. The van der Waals surface area contributed by atoms with Crippen LogP contribution in [0.5, 0.6) is 0 Å². The highest BCUT2D eigenvalue weighted by Gasteiger charge is 1.69. The molecule has 0 atom stereocenters. The summed E-state index contributed by atoms with van der Waals surface area (Å²) in [4.78, 5) is 9.00. The van der Waals surface area contributed by atoms with Gasteiger partial charge < -0.3 is 16.4 Å². The lowest BCUT2D eigenvalue weighted by Gasteiger charge is -1.79. The summed E-state index contributed by atoms with van der Waals surface area (Å²) in [5.74, 6) is -0.833. The van der Waals surface area contributed by atoms with E-state index in [0.29, 0.717) is 6.61 Å². The third-order valence-electron chi connectivity index (χ3n) is 0.512. The average molecular weight is 151 g/mol. The van der Waals surface area contributed by atoms with Crippen LogP contribution in [0.4, 0.5) is 0 Å². The normalized spacial score (nSPS) is 6.70. The van der Waals surface area contributed by atoms with Crippen molar-refractivity contribution in [3.8, 4) is 0 Å². The van der Waals surface area contributed by atoms with Crippen LogP contribution in [0.1, 0.15) is 26.7 Å². The Kier molecular flexibility index (Phi) is 25.5. The Bertz CT molecular complexity index is 60.0. The molecule has 0 radical (unpaired) electrons. The number of hydrogen-bond acceptors (Lipinski definition) is 3. The van der Waals surface area contributed by atoms with Gasteiger partial charge in [0.05, 0.1) is 0 Å². The first kappa shape index (κ1) is 16.2. The summed E-state index contributed by atoms with van der Waals surface area (Å²) in [5.41, 5.74) is 0. The van der Waals surface area contributed by atoms with E-state index >= 15 is 0 Å². The molecule has 4 heteroatoms. The minimum atomic E-state index is -0.833. The van der Waals surface area contributed by atoms with Crippen molar-refractivity contribution >= 4 is 5.97 Å². The number of rotatable bonds is 2. The van der Waals surface area contributed by atoms with E-state index in [1.54, 1.807) is 0 Å². The summed E-state index contributed by atoms with van der Waals surface area (Å²) >= 11 is 0. The van der Waals surface area contributed by atoms with Gasteiger partial charge >= 0.3 is 0 Å². The summed E-state index contributed by atoms with van der Waals surface area (Å²) in [6.07, 6.45) is 2.04. The highest BCUT2D eigenvalue weighted by atomic mass is 16.4. The molecule has 0 aliphatic carbocycles. The number of aliphatic hydroxyl groups excluding tert-OH is 1. The molecule has 0 rings (SSSR count). The van der Waals surface area contributed by atoms with Crippen LogP contribution in [-0.2, 0) is 4.79 Å². The predicted octanol–water partition coefficient (Wildman–Crippen LogP) is 1.03. The molecule has 0 bridgehead atoms. The SMILES string of the molecule is CC(=O)O.CCCCO.N. The van der Waals surface area contributed by atoms with Crippen LogP contribution >= 0.6 is 0 Å². The molecule has 5 N–H and O–H groups in total. The number of hydrogen-bond donors (Lipinski definition) is 3. The van der Waals surface area contributed by atoms with E-state index in [1.165, 1.54) is 0 Å². The second-order valence-electron chi connectivity index (χ2n) is 1.60. The van der Waals surface area contributed by atoms with E-state index in [9.17, 15) is 0 Å². The number of unbranched alkanes of at least 4 members (excludes halogenated alkanes) is 1. The third-order valence-corrected chi connectivity index (χ3v) is 0.512. The number of carboxylic acids is 1. The molecule has 0 spiro atoms. The maximum absolute atomic E-state index is 9.00. The van der Waals surface area contributed by atoms with Gasteiger partial charge in [-0.1, -0.05) is 13.3 Å². The van der Waals surface area contributed by atoms with Crippen LogP contribution in [-0.4, -0.2) is 22.8 Å². The highest BCUT2D eigenvalue weighted by molar-refractivity contribution is 5.62. The van der Waals surface area contributed by atoms with Gasteiger partial charge in [-0.15, -0.1) is 0 Å². The zero-order chi connectivity index (χ0) is 7.70. The Morgan fingerprint density at radius 1 is 1.50 bits per heavy atom. The number of aliphatic hydroxyl groups is 1. The zero-order valence-corrected chi connectivity index (χ0v) is 6.63. The fourth-order valence-corrected chi connectivity index (χ4v) is 0.158. The molecule has 0 aliphatic rings. The Hall–Kier alpha value is -0.610. The number of carbonyl (C=O) groups is 1. The van der Waals surface area contributed by atoms with Crippen LogP contribution in [0.3, 0.4) is 0 Å². The fraction of sp³-hybridized carbons (Fsp3) is 0.833. The molecule has 4 nitrogen and oxygen atoms in total. The number of aliphatic carboxylic acids is 1. The van der Waals surface area contributed by atoms with Crippen LogP contribution in [0.15, 0.2) is 0 Å². The van der Waals surface area contributed by atoms with E-state index in [-0.39, 0.29) is 6.15 Å². The second-order valence-corrected chi connectivity index (χ2v) is 1.60. The van der Waals surface area contributed by atoms with Gasteiger partial charge in [0.2, 0.25) is 0 Å². The van der Waals surface area contributed by atoms with Gasteiger partial charge in [-0.3, -0.25) is 4.79 Å². The molecule has 0 amide bonds. The first-order valence-electron chi connectivity index (χ1n) is 2.95. The van der Waals surface area contributed by atoms with Gasteiger partial charge in [-0.2, -0.15) is 0 Å². The van der Waals surface area contributed by atoms with E-state index in [1.807, 2.05) is 0 Å². The molecule has 0 aliphatic heterocycles. The molecule has 0 heterocycles. The molecule has 10 heavy (non-hydrogen) atoms. The third kappa shape index (κ3) is 156. The van der Waals surface area contributed by atoms with Crippen LogP contribution in [0.2, 0.25) is 0 Å². The summed E-state index contributed by atoms with van der Waals surface area (Å²) in [5, 5.41) is 15.5. The molecule has 0 aromatic carbocycles. The highest BCUT2D eigenvalue weighted by Crippen LogP contribution is 1.78. The monoisotopic (exact) mass is 151 g/mol. The molecular formula is C6H17NO3. The van der Waals surface area contributed by atoms with E-state index in [2.05, 4.69) is 6.92 Å². The maximum atomic E-state index is 9.00. The van der Waals surface area contributed by atoms with Crippen molar-refractivity contribution in [3.05, 3.63) is 0 Å². The number of carboxylic acid groups (broad SMARTS) is 1. The molecular weight excluding hydrogens is 134 g/mol. The quantitative estimate of drug-likeness (QED) is 0.549. The fourth-order valence-electron chi connectivity index (χ4n) is 0.158. The van der Waals surface area contributed by atoms with Crippen molar-refractivity contribution < 1.29 is 15.0 Å². The van der Waals surface area contributed by atoms with Crippen LogP contribution < -0.4 is 6.15 Å². The van der Waals surface area contributed by atoms with Crippen molar-refractivity contribution in [2.75, 3.05) is 6.61 Å². The van der Waals surface area contributed by atoms with Crippen molar-refractivity contribution in [1.29, 1.82) is 0 Å². The van der Waals surface area contributed by atoms with Crippen molar-refractivity contribution in [1.82, 2.24) is 6.15 Å². The minimum absolute atomic E-state index is 0. The standard InChI is InChI=1S/C4H10O.C2H4O2.H3N/c1-2-3-4-5;1-2(3)4;/h5H,2-4H2,1H3;1H3,(H,3,4);1H3. The lowest BCUT2D eigenvalue weighted by atomic mass is 10.4. The molecule has 64 valence electrons. The van der Waals surface area contributed by atoms with E-state index < -0.39 is 5.97 Å². The van der Waals surface area contributed by atoms with Gasteiger partial charge in [0.1, 0.15) is 0 Å². The van der Waals surface area contributed by atoms with E-state index in [0.717, 1.165) is 19.8 Å². The minimum Gasteiger partial charge on any atom is -0.481 e. The second kappa shape index (κ2) is 15.8. The zero-order valence-electron chi connectivity index (χ0n) is 6.63. The summed E-state index contributed by atoms with van der Waals surface area (Å²) < 4.78 is 0. The Balaban J connectivity index is -0.0000000910. The molecule has 0 aromatic heterocycles. The molecule has 0 aromatic rings.